The van der Waals surface area contributed by atoms with Gasteiger partial charge in [-0.2, -0.15) is 13.2 Å². The van der Waals surface area contributed by atoms with E-state index in [1.54, 1.807) is 6.07 Å². The highest BCUT2D eigenvalue weighted by molar-refractivity contribution is 5.91. The van der Waals surface area contributed by atoms with Gasteiger partial charge in [0, 0.05) is 18.5 Å². The maximum atomic E-state index is 11.6. The van der Waals surface area contributed by atoms with Crippen molar-refractivity contribution in [2.24, 2.45) is 5.73 Å². The Bertz CT molecular complexity index is 650. The summed E-state index contributed by atoms with van der Waals surface area (Å²) in [7, 11) is 0. The third-order valence-electron chi connectivity index (χ3n) is 3.18. The molecule has 27 heavy (non-hydrogen) atoms. The number of phenols is 1. The van der Waals surface area contributed by atoms with Gasteiger partial charge in [-0.25, -0.2) is 9.59 Å². The van der Waals surface area contributed by atoms with Gasteiger partial charge in [0.25, 0.3) is 0 Å². The van der Waals surface area contributed by atoms with Crippen LogP contribution in [0.3, 0.4) is 0 Å². The van der Waals surface area contributed by atoms with Crippen LogP contribution in [0.25, 0.3) is 0 Å². The molecule has 0 spiro atoms. The van der Waals surface area contributed by atoms with Gasteiger partial charge in [-0.15, -0.1) is 0 Å². The molecule has 0 radical (unpaired) electrons. The highest BCUT2D eigenvalue weighted by Crippen LogP contribution is 2.22. The molecule has 1 aromatic rings. The Labute approximate surface area is 152 Å². The predicted molar refractivity (Wildman–Crippen MR) is 88.1 cm³/mol. The fourth-order valence-corrected chi connectivity index (χ4v) is 1.80. The van der Waals surface area contributed by atoms with Crippen LogP contribution in [0.1, 0.15) is 41.6 Å². The first-order valence-corrected chi connectivity index (χ1v) is 7.81. The van der Waals surface area contributed by atoms with Crippen molar-refractivity contribution in [3.8, 4) is 5.75 Å². The first kappa shape index (κ1) is 24.2. The summed E-state index contributed by atoms with van der Waals surface area (Å²) in [5, 5.41) is 28.4. The summed E-state index contributed by atoms with van der Waals surface area (Å²) in [5.41, 5.74) is 5.58. The Hall–Kier alpha value is -2.82. The van der Waals surface area contributed by atoms with E-state index in [1.165, 1.54) is 12.1 Å². The van der Waals surface area contributed by atoms with Crippen LogP contribution >= 0.6 is 0 Å². The van der Waals surface area contributed by atoms with Crippen LogP contribution in [-0.2, 0) is 16.1 Å². The molecule has 0 saturated heterocycles. The third-order valence-corrected chi connectivity index (χ3v) is 3.18. The molecule has 0 aliphatic carbocycles. The number of halogens is 3. The Balaban J connectivity index is 0.000000821. The van der Waals surface area contributed by atoms with E-state index in [-0.39, 0.29) is 23.8 Å². The molecular weight excluding hydrogens is 373 g/mol. The normalized spacial score (nSPS) is 10.5. The van der Waals surface area contributed by atoms with Crippen LogP contribution in [-0.4, -0.2) is 45.9 Å². The molecule has 0 heterocycles. The second-order valence-electron chi connectivity index (χ2n) is 5.30. The van der Waals surface area contributed by atoms with Crippen LogP contribution in [0.5, 0.6) is 5.75 Å². The molecule has 0 bridgehead atoms. The number of hydrogen-bond acceptors (Lipinski definition) is 5. The van der Waals surface area contributed by atoms with Crippen molar-refractivity contribution in [3.05, 3.63) is 29.3 Å². The van der Waals surface area contributed by atoms with Gasteiger partial charge in [0.05, 0.1) is 0 Å². The zero-order valence-electron chi connectivity index (χ0n) is 14.3. The summed E-state index contributed by atoms with van der Waals surface area (Å²) in [6.07, 6.45) is -2.11. The molecule has 0 aliphatic heterocycles. The van der Waals surface area contributed by atoms with E-state index >= 15 is 0 Å². The van der Waals surface area contributed by atoms with E-state index in [4.69, 9.17) is 20.7 Å². The summed E-state index contributed by atoms with van der Waals surface area (Å²) in [4.78, 5) is 31.3. The van der Waals surface area contributed by atoms with E-state index in [0.717, 1.165) is 19.3 Å². The second kappa shape index (κ2) is 11.7. The van der Waals surface area contributed by atoms with Gasteiger partial charge in [-0.1, -0.05) is 18.6 Å². The molecule has 0 aromatic heterocycles. The number of unbranched alkanes of at least 4 members (excludes halogenated alkanes) is 2. The smallest absolute Gasteiger partial charge is 0.490 e. The molecule has 11 heteroatoms. The average Bonchev–Trinajstić information content (AvgIpc) is 2.57. The van der Waals surface area contributed by atoms with E-state index in [0.29, 0.717) is 18.5 Å². The standard InChI is InChI=1S/C14H20N2O4.C2HF3O2/c15-8-3-1-2-7-12(17)16-9-10-5-4-6-11(13(10)18)14(19)20;3-2(4,5)1(6)7/h4-6,18H,1-3,7-9,15H2,(H,16,17)(H,19,20);(H,6,7). The first-order valence-electron chi connectivity index (χ1n) is 7.81. The molecule has 6 N–H and O–H groups in total. The van der Waals surface area contributed by atoms with E-state index < -0.39 is 18.1 Å². The van der Waals surface area contributed by atoms with E-state index in [9.17, 15) is 27.9 Å². The number of nitrogens with two attached hydrogens (primary N) is 1. The van der Waals surface area contributed by atoms with Gasteiger partial charge >= 0.3 is 18.1 Å². The molecule has 0 aliphatic rings. The molecule has 0 unspecified atom stereocenters. The van der Waals surface area contributed by atoms with Crippen LogP contribution in [0, 0.1) is 0 Å². The zero-order chi connectivity index (χ0) is 21.0. The monoisotopic (exact) mass is 394 g/mol. The van der Waals surface area contributed by atoms with Gasteiger partial charge in [-0.05, 0) is 25.5 Å². The van der Waals surface area contributed by atoms with Crippen molar-refractivity contribution in [1.82, 2.24) is 5.32 Å². The second-order valence-corrected chi connectivity index (χ2v) is 5.30. The lowest BCUT2D eigenvalue weighted by molar-refractivity contribution is -0.192. The van der Waals surface area contributed by atoms with Crippen molar-refractivity contribution in [2.75, 3.05) is 6.54 Å². The molecule has 152 valence electrons. The fraction of sp³-hybridized carbons (Fsp3) is 0.438. The number of aliphatic carboxylic acids is 1. The predicted octanol–water partition coefficient (Wildman–Crippen LogP) is 1.86. The Kier molecular flexibility index (Phi) is 10.5. The molecule has 1 rings (SSSR count). The third kappa shape index (κ3) is 10.0. The van der Waals surface area contributed by atoms with Gasteiger partial charge in [0.15, 0.2) is 0 Å². The Morgan fingerprint density at radius 1 is 1.07 bits per heavy atom. The highest BCUT2D eigenvalue weighted by Gasteiger charge is 2.38. The molecule has 8 nitrogen and oxygen atoms in total. The lowest BCUT2D eigenvalue weighted by Gasteiger charge is -2.08. The van der Waals surface area contributed by atoms with E-state index in [2.05, 4.69) is 5.32 Å². The van der Waals surface area contributed by atoms with Crippen LogP contribution in [0.2, 0.25) is 0 Å². The SMILES string of the molecule is NCCCCCC(=O)NCc1cccc(C(=O)O)c1O.O=C(O)C(F)(F)F. The molecule has 1 amide bonds. The van der Waals surface area contributed by atoms with Crippen LogP contribution in [0.4, 0.5) is 13.2 Å². The molecular formula is C16H21F3N2O6. The topological polar surface area (TPSA) is 150 Å². The number of hydrogen-bond donors (Lipinski definition) is 5. The number of para-hydroxylation sites is 1. The van der Waals surface area contributed by atoms with Crippen molar-refractivity contribution in [2.45, 2.75) is 38.4 Å². The minimum absolute atomic E-state index is 0.114. The molecule has 0 fully saturated rings. The van der Waals surface area contributed by atoms with Gasteiger partial charge in [-0.3, -0.25) is 4.79 Å². The Morgan fingerprint density at radius 2 is 1.67 bits per heavy atom. The fourth-order valence-electron chi connectivity index (χ4n) is 1.80. The largest absolute Gasteiger partial charge is 0.507 e. The Morgan fingerprint density at radius 3 is 2.15 bits per heavy atom. The minimum atomic E-state index is -5.08. The molecule has 1 aromatic carbocycles. The van der Waals surface area contributed by atoms with Crippen molar-refractivity contribution >= 4 is 17.8 Å². The summed E-state index contributed by atoms with van der Waals surface area (Å²) < 4.78 is 31.7. The number of benzene rings is 1. The number of rotatable bonds is 8. The van der Waals surface area contributed by atoms with Crippen LogP contribution < -0.4 is 11.1 Å². The summed E-state index contributed by atoms with van der Waals surface area (Å²) >= 11 is 0. The number of carboxylic acid groups (broad SMARTS) is 2. The lowest BCUT2D eigenvalue weighted by atomic mass is 10.1. The van der Waals surface area contributed by atoms with Gasteiger partial charge in [0.1, 0.15) is 11.3 Å². The number of aromatic hydroxyl groups is 1. The van der Waals surface area contributed by atoms with Crippen molar-refractivity contribution in [1.29, 1.82) is 0 Å². The number of nitrogens with one attached hydrogen (secondary N) is 1. The number of alkyl halides is 3. The summed E-state index contributed by atoms with van der Waals surface area (Å²) in [5.74, 6) is -4.38. The maximum absolute atomic E-state index is 11.6. The average molecular weight is 394 g/mol. The van der Waals surface area contributed by atoms with Crippen molar-refractivity contribution in [3.63, 3.8) is 0 Å². The minimum Gasteiger partial charge on any atom is -0.507 e. The molecule has 0 atom stereocenters. The number of aromatic carboxylic acids is 1. The van der Waals surface area contributed by atoms with Gasteiger partial charge in [0.2, 0.25) is 5.91 Å². The number of carbonyl (C=O) groups is 3. The lowest BCUT2D eigenvalue weighted by Crippen LogP contribution is -2.22. The summed E-state index contributed by atoms with van der Waals surface area (Å²) in [6.45, 7) is 0.736. The summed E-state index contributed by atoms with van der Waals surface area (Å²) in [6, 6.07) is 4.43. The maximum Gasteiger partial charge on any atom is 0.490 e. The van der Waals surface area contributed by atoms with Gasteiger partial charge < -0.3 is 26.4 Å². The number of carbonyl (C=O) groups excluding carboxylic acids is 1. The number of carboxylic acids is 2. The quantitative estimate of drug-likeness (QED) is 0.422. The highest BCUT2D eigenvalue weighted by atomic mass is 19.4. The van der Waals surface area contributed by atoms with E-state index in [1.807, 2.05) is 0 Å². The zero-order valence-corrected chi connectivity index (χ0v) is 14.3. The molecule has 0 saturated carbocycles. The number of amides is 1. The van der Waals surface area contributed by atoms with Crippen LogP contribution in [0.15, 0.2) is 18.2 Å². The van der Waals surface area contributed by atoms with Crippen molar-refractivity contribution < 1.29 is 42.9 Å². The first-order chi connectivity index (χ1) is 12.5.